The number of carbonyl (C=O) groups excluding carboxylic acids is 2. The summed E-state index contributed by atoms with van der Waals surface area (Å²) in [6.45, 7) is 1.53. The van der Waals surface area contributed by atoms with E-state index < -0.39 is 6.09 Å². The summed E-state index contributed by atoms with van der Waals surface area (Å²) >= 11 is 6.17. The van der Waals surface area contributed by atoms with Crippen molar-refractivity contribution in [2.45, 2.75) is 51.4 Å². The van der Waals surface area contributed by atoms with Gasteiger partial charge < -0.3 is 14.9 Å². The standard InChI is InChI=1S/C26H29ClN2O4/c27-22-8-2-1-6-18(22)12-15-28(26(32)33)13-4-3-9-23(30)21-16-19-7-5-14-29-24(31)11-10-20(17-21)25(19)29/h1-2,6,8,16-17H,3-5,7,9-15H2,(H,32,33). The third kappa shape index (κ3) is 5.38. The van der Waals surface area contributed by atoms with E-state index in [0.717, 1.165) is 41.8 Å². The number of halogens is 1. The molecule has 0 saturated heterocycles. The first-order valence-corrected chi connectivity index (χ1v) is 12.0. The van der Waals surface area contributed by atoms with Crippen molar-refractivity contribution in [3.8, 4) is 0 Å². The summed E-state index contributed by atoms with van der Waals surface area (Å²) in [5.41, 5.74) is 4.88. The van der Waals surface area contributed by atoms with Gasteiger partial charge in [-0.15, -0.1) is 0 Å². The van der Waals surface area contributed by atoms with Gasteiger partial charge in [0.05, 0.1) is 5.69 Å². The zero-order chi connectivity index (χ0) is 23.4. The fraction of sp³-hybridized carbons (Fsp3) is 0.423. The minimum Gasteiger partial charge on any atom is -0.465 e. The molecule has 7 heteroatoms. The van der Waals surface area contributed by atoms with Crippen molar-refractivity contribution in [1.29, 1.82) is 0 Å². The molecule has 2 aromatic carbocycles. The summed E-state index contributed by atoms with van der Waals surface area (Å²) in [6.07, 6.45) is 4.26. The van der Waals surface area contributed by atoms with Gasteiger partial charge in [-0.3, -0.25) is 9.59 Å². The molecule has 2 amide bonds. The number of rotatable bonds is 9. The van der Waals surface area contributed by atoms with Gasteiger partial charge in [0.15, 0.2) is 5.78 Å². The van der Waals surface area contributed by atoms with Crippen molar-refractivity contribution in [1.82, 2.24) is 4.90 Å². The van der Waals surface area contributed by atoms with E-state index >= 15 is 0 Å². The number of amides is 2. The lowest BCUT2D eigenvalue weighted by Gasteiger charge is -2.35. The minimum absolute atomic E-state index is 0.0843. The Labute approximate surface area is 199 Å². The highest BCUT2D eigenvalue weighted by Gasteiger charge is 2.30. The molecule has 6 nitrogen and oxygen atoms in total. The summed E-state index contributed by atoms with van der Waals surface area (Å²) in [6, 6.07) is 11.4. The molecule has 0 bridgehead atoms. The number of carboxylic acid groups (broad SMARTS) is 1. The molecule has 0 fully saturated rings. The molecule has 0 atom stereocenters. The number of hydrogen-bond acceptors (Lipinski definition) is 3. The molecule has 0 unspecified atom stereocenters. The number of Topliss-reactive ketones (excluding diaryl/α,β-unsaturated/α-hetero) is 1. The second-order valence-electron chi connectivity index (χ2n) is 8.78. The van der Waals surface area contributed by atoms with Crippen LogP contribution < -0.4 is 4.90 Å². The van der Waals surface area contributed by atoms with Crippen molar-refractivity contribution in [3.05, 3.63) is 63.7 Å². The highest BCUT2D eigenvalue weighted by Crippen LogP contribution is 2.36. The van der Waals surface area contributed by atoms with Crippen molar-refractivity contribution in [2.75, 3.05) is 24.5 Å². The van der Waals surface area contributed by atoms with Gasteiger partial charge in [0.1, 0.15) is 0 Å². The number of hydrogen-bond donors (Lipinski definition) is 1. The first-order chi connectivity index (χ1) is 15.9. The van der Waals surface area contributed by atoms with Crippen LogP contribution in [0.2, 0.25) is 5.02 Å². The van der Waals surface area contributed by atoms with E-state index in [1.165, 1.54) is 4.90 Å². The molecule has 2 aromatic rings. The maximum Gasteiger partial charge on any atom is 0.407 e. The minimum atomic E-state index is -0.957. The third-order valence-corrected chi connectivity index (χ3v) is 6.93. The summed E-state index contributed by atoms with van der Waals surface area (Å²) in [4.78, 5) is 40.0. The van der Waals surface area contributed by atoms with Gasteiger partial charge in [-0.1, -0.05) is 29.8 Å². The van der Waals surface area contributed by atoms with E-state index in [-0.39, 0.29) is 11.7 Å². The summed E-state index contributed by atoms with van der Waals surface area (Å²) < 4.78 is 0. The fourth-order valence-corrected chi connectivity index (χ4v) is 5.04. The number of aryl methyl sites for hydroxylation is 2. The second kappa shape index (κ2) is 10.4. The van der Waals surface area contributed by atoms with Crippen LogP contribution in [0.5, 0.6) is 0 Å². The van der Waals surface area contributed by atoms with Crippen LogP contribution >= 0.6 is 11.6 Å². The van der Waals surface area contributed by atoms with Crippen molar-refractivity contribution >= 4 is 35.1 Å². The van der Waals surface area contributed by atoms with Crippen LogP contribution in [0.1, 0.15) is 59.2 Å². The van der Waals surface area contributed by atoms with Gasteiger partial charge in [0, 0.05) is 43.1 Å². The Kier molecular flexibility index (Phi) is 7.33. The first kappa shape index (κ1) is 23.3. The van der Waals surface area contributed by atoms with E-state index in [1.54, 1.807) is 6.07 Å². The average molecular weight is 469 g/mol. The SMILES string of the molecule is O=C(CCCCN(CCc1ccccc1Cl)C(=O)O)c1cc2c3c(c1)CCC(=O)N3CCC2. The quantitative estimate of drug-likeness (QED) is 0.408. The number of unbranched alkanes of at least 4 members (excludes halogenated alkanes) is 1. The molecule has 0 aromatic heterocycles. The van der Waals surface area contributed by atoms with Crippen LogP contribution in [0.3, 0.4) is 0 Å². The van der Waals surface area contributed by atoms with Crippen LogP contribution in [0.4, 0.5) is 10.5 Å². The van der Waals surface area contributed by atoms with E-state index in [4.69, 9.17) is 11.6 Å². The van der Waals surface area contributed by atoms with E-state index in [9.17, 15) is 19.5 Å². The van der Waals surface area contributed by atoms with Crippen LogP contribution in [0, 0.1) is 0 Å². The maximum atomic E-state index is 12.9. The predicted octanol–water partition coefficient (Wildman–Crippen LogP) is 5.14. The van der Waals surface area contributed by atoms with Crippen LogP contribution in [0.25, 0.3) is 0 Å². The second-order valence-corrected chi connectivity index (χ2v) is 9.19. The number of anilines is 1. The molecule has 4 rings (SSSR count). The van der Waals surface area contributed by atoms with Crippen LogP contribution in [-0.4, -0.2) is 47.4 Å². The Morgan fingerprint density at radius 1 is 1.03 bits per heavy atom. The molecule has 33 heavy (non-hydrogen) atoms. The number of ketones is 1. The lowest BCUT2D eigenvalue weighted by Crippen LogP contribution is -2.39. The Hall–Kier alpha value is -2.86. The topological polar surface area (TPSA) is 77.9 Å². The number of carbonyl (C=O) groups is 3. The van der Waals surface area contributed by atoms with Gasteiger partial charge in [-0.05, 0) is 73.4 Å². The smallest absolute Gasteiger partial charge is 0.407 e. The Bertz CT molecular complexity index is 1050. The molecule has 174 valence electrons. The lowest BCUT2D eigenvalue weighted by molar-refractivity contribution is -0.119. The van der Waals surface area contributed by atoms with Gasteiger partial charge >= 0.3 is 6.09 Å². The summed E-state index contributed by atoms with van der Waals surface area (Å²) in [7, 11) is 0. The Morgan fingerprint density at radius 3 is 2.55 bits per heavy atom. The Balaban J connectivity index is 1.30. The predicted molar refractivity (Wildman–Crippen MR) is 128 cm³/mol. The highest BCUT2D eigenvalue weighted by molar-refractivity contribution is 6.31. The maximum absolute atomic E-state index is 12.9. The van der Waals surface area contributed by atoms with Crippen molar-refractivity contribution in [3.63, 3.8) is 0 Å². The largest absolute Gasteiger partial charge is 0.465 e. The molecular weight excluding hydrogens is 440 g/mol. The molecule has 0 spiro atoms. The molecule has 0 saturated carbocycles. The molecule has 2 aliphatic rings. The molecule has 0 aliphatic carbocycles. The number of benzene rings is 2. The van der Waals surface area contributed by atoms with Crippen molar-refractivity contribution < 1.29 is 19.5 Å². The van der Waals surface area contributed by atoms with Crippen LogP contribution in [-0.2, 0) is 24.1 Å². The fourth-order valence-electron chi connectivity index (χ4n) is 4.81. The third-order valence-electron chi connectivity index (χ3n) is 6.56. The molecule has 0 radical (unpaired) electrons. The average Bonchev–Trinajstić information content (AvgIpc) is 2.81. The zero-order valence-corrected chi connectivity index (χ0v) is 19.4. The molecular formula is C26H29ClN2O4. The number of nitrogens with zero attached hydrogens (tertiary/aromatic N) is 2. The highest BCUT2D eigenvalue weighted by atomic mass is 35.5. The van der Waals surface area contributed by atoms with Crippen LogP contribution in [0.15, 0.2) is 36.4 Å². The van der Waals surface area contributed by atoms with Crippen molar-refractivity contribution in [2.24, 2.45) is 0 Å². The van der Waals surface area contributed by atoms with Gasteiger partial charge in [-0.2, -0.15) is 0 Å². The van der Waals surface area contributed by atoms with E-state index in [2.05, 4.69) is 0 Å². The van der Waals surface area contributed by atoms with E-state index in [0.29, 0.717) is 62.2 Å². The van der Waals surface area contributed by atoms with E-state index in [1.807, 2.05) is 35.2 Å². The zero-order valence-electron chi connectivity index (χ0n) is 18.7. The Morgan fingerprint density at radius 2 is 1.79 bits per heavy atom. The van der Waals surface area contributed by atoms with Gasteiger partial charge in [0.25, 0.3) is 0 Å². The molecule has 1 N–H and O–H groups in total. The summed E-state index contributed by atoms with van der Waals surface area (Å²) in [5.74, 6) is 0.265. The van der Waals surface area contributed by atoms with Gasteiger partial charge in [-0.25, -0.2) is 4.79 Å². The monoisotopic (exact) mass is 468 g/mol. The molecule has 2 aliphatic heterocycles. The summed E-state index contributed by atoms with van der Waals surface area (Å²) in [5, 5.41) is 10.2. The van der Waals surface area contributed by atoms with Gasteiger partial charge in [0.2, 0.25) is 5.91 Å². The lowest BCUT2D eigenvalue weighted by atomic mass is 9.88. The first-order valence-electron chi connectivity index (χ1n) is 11.6. The molecule has 2 heterocycles. The normalized spacial score (nSPS) is 14.7.